The lowest BCUT2D eigenvalue weighted by molar-refractivity contribution is 0.355. The van der Waals surface area contributed by atoms with Gasteiger partial charge in [0.25, 0.3) is 0 Å². The number of benzene rings is 2. The molecule has 2 aromatic carbocycles. The zero-order valence-electron chi connectivity index (χ0n) is 11.5. The van der Waals surface area contributed by atoms with Crippen molar-refractivity contribution in [2.24, 2.45) is 0 Å². The SMILES string of the molecule is COc1ccc(CNc2cccc(Cl)c2Cl)c(Cl)c1OC. The Morgan fingerprint density at radius 3 is 2.38 bits per heavy atom. The van der Waals surface area contributed by atoms with Crippen molar-refractivity contribution in [1.29, 1.82) is 0 Å². The number of ether oxygens (including phenoxy) is 2. The third-order valence-corrected chi connectivity index (χ3v) is 4.22. The van der Waals surface area contributed by atoms with Crippen LogP contribution < -0.4 is 14.8 Å². The highest BCUT2D eigenvalue weighted by molar-refractivity contribution is 6.43. The second-order valence-electron chi connectivity index (χ2n) is 4.23. The molecule has 0 fully saturated rings. The summed E-state index contributed by atoms with van der Waals surface area (Å²) in [4.78, 5) is 0. The maximum absolute atomic E-state index is 6.33. The van der Waals surface area contributed by atoms with Crippen LogP contribution in [0.5, 0.6) is 11.5 Å². The van der Waals surface area contributed by atoms with E-state index in [0.29, 0.717) is 33.1 Å². The molecule has 0 spiro atoms. The minimum absolute atomic E-state index is 0.482. The molecule has 0 saturated carbocycles. The van der Waals surface area contributed by atoms with Crippen molar-refractivity contribution in [2.45, 2.75) is 6.54 Å². The fourth-order valence-electron chi connectivity index (χ4n) is 1.90. The lowest BCUT2D eigenvalue weighted by Crippen LogP contribution is -2.02. The quantitative estimate of drug-likeness (QED) is 0.799. The molecular formula is C15H14Cl3NO2. The summed E-state index contributed by atoms with van der Waals surface area (Å²) in [5.74, 6) is 1.10. The molecule has 21 heavy (non-hydrogen) atoms. The topological polar surface area (TPSA) is 30.5 Å². The largest absolute Gasteiger partial charge is 0.493 e. The van der Waals surface area contributed by atoms with E-state index in [-0.39, 0.29) is 0 Å². The van der Waals surface area contributed by atoms with Gasteiger partial charge in [0, 0.05) is 6.54 Å². The molecule has 6 heteroatoms. The first-order chi connectivity index (χ1) is 10.1. The van der Waals surface area contributed by atoms with E-state index in [1.165, 1.54) is 0 Å². The summed E-state index contributed by atoms with van der Waals surface area (Å²) in [7, 11) is 3.12. The summed E-state index contributed by atoms with van der Waals surface area (Å²) in [5.41, 5.74) is 1.61. The van der Waals surface area contributed by atoms with Gasteiger partial charge in [-0.05, 0) is 23.8 Å². The van der Waals surface area contributed by atoms with Gasteiger partial charge in [-0.25, -0.2) is 0 Å². The summed E-state index contributed by atoms with van der Waals surface area (Å²) in [6.45, 7) is 0.485. The van der Waals surface area contributed by atoms with Gasteiger partial charge in [-0.1, -0.05) is 46.9 Å². The molecule has 0 amide bonds. The van der Waals surface area contributed by atoms with Gasteiger partial charge < -0.3 is 14.8 Å². The third-order valence-electron chi connectivity index (χ3n) is 2.99. The standard InChI is InChI=1S/C15H14Cl3NO2/c1-20-12-7-6-9(13(17)15(12)21-2)8-19-11-5-3-4-10(16)14(11)18/h3-7,19H,8H2,1-2H3. The summed E-state index contributed by atoms with van der Waals surface area (Å²) in [6, 6.07) is 9.09. The first-order valence-corrected chi connectivity index (χ1v) is 7.29. The van der Waals surface area contributed by atoms with Crippen molar-refractivity contribution in [1.82, 2.24) is 0 Å². The molecule has 0 radical (unpaired) electrons. The average Bonchev–Trinajstić information content (AvgIpc) is 2.49. The maximum Gasteiger partial charge on any atom is 0.179 e. The molecule has 3 nitrogen and oxygen atoms in total. The Morgan fingerprint density at radius 1 is 0.952 bits per heavy atom. The van der Waals surface area contributed by atoms with E-state index >= 15 is 0 Å². The van der Waals surface area contributed by atoms with E-state index in [0.717, 1.165) is 11.3 Å². The molecule has 0 aromatic heterocycles. The molecule has 0 aliphatic rings. The van der Waals surface area contributed by atoms with Gasteiger partial charge >= 0.3 is 0 Å². The van der Waals surface area contributed by atoms with Crippen molar-refractivity contribution >= 4 is 40.5 Å². The minimum Gasteiger partial charge on any atom is -0.493 e. The predicted octanol–water partition coefficient (Wildman–Crippen LogP) is 5.28. The molecule has 0 aliphatic carbocycles. The van der Waals surface area contributed by atoms with Gasteiger partial charge in [-0.3, -0.25) is 0 Å². The summed E-state index contributed by atoms with van der Waals surface area (Å²) in [6.07, 6.45) is 0. The van der Waals surface area contributed by atoms with Crippen LogP contribution in [0, 0.1) is 0 Å². The monoisotopic (exact) mass is 345 g/mol. The van der Waals surface area contributed by atoms with Crippen molar-refractivity contribution < 1.29 is 9.47 Å². The normalized spacial score (nSPS) is 10.3. The Bertz CT molecular complexity index is 647. The van der Waals surface area contributed by atoms with E-state index in [2.05, 4.69) is 5.32 Å². The van der Waals surface area contributed by atoms with Crippen molar-refractivity contribution in [3.8, 4) is 11.5 Å². The number of nitrogens with one attached hydrogen (secondary N) is 1. The van der Waals surface area contributed by atoms with Crippen molar-refractivity contribution in [3.63, 3.8) is 0 Å². The number of hydrogen-bond acceptors (Lipinski definition) is 3. The number of rotatable bonds is 5. The van der Waals surface area contributed by atoms with Gasteiger partial charge in [0.1, 0.15) is 0 Å². The van der Waals surface area contributed by atoms with Crippen LogP contribution in [0.25, 0.3) is 0 Å². The highest BCUT2D eigenvalue weighted by Crippen LogP contribution is 2.38. The molecule has 2 rings (SSSR count). The number of anilines is 1. The lowest BCUT2D eigenvalue weighted by Gasteiger charge is -2.14. The summed E-state index contributed by atoms with van der Waals surface area (Å²) >= 11 is 18.4. The fourth-order valence-corrected chi connectivity index (χ4v) is 2.56. The van der Waals surface area contributed by atoms with E-state index in [9.17, 15) is 0 Å². The van der Waals surface area contributed by atoms with Gasteiger partial charge in [-0.2, -0.15) is 0 Å². The Balaban J connectivity index is 2.22. The third kappa shape index (κ3) is 3.49. The van der Waals surface area contributed by atoms with Crippen LogP contribution in [0.1, 0.15) is 5.56 Å². The van der Waals surface area contributed by atoms with Gasteiger partial charge in [-0.15, -0.1) is 0 Å². The molecule has 0 atom stereocenters. The molecule has 0 aliphatic heterocycles. The zero-order valence-corrected chi connectivity index (χ0v) is 13.8. The first-order valence-electron chi connectivity index (χ1n) is 6.15. The van der Waals surface area contributed by atoms with Crippen LogP contribution in [0.3, 0.4) is 0 Å². The Kier molecular flexibility index (Phi) is 5.45. The average molecular weight is 347 g/mol. The van der Waals surface area contributed by atoms with E-state index in [1.807, 2.05) is 18.2 Å². The van der Waals surface area contributed by atoms with Crippen LogP contribution in [0.15, 0.2) is 30.3 Å². The smallest absolute Gasteiger partial charge is 0.179 e. The molecular weight excluding hydrogens is 333 g/mol. The maximum atomic E-state index is 6.33. The Labute approximate surface area is 138 Å². The molecule has 2 aromatic rings. The Morgan fingerprint density at radius 2 is 1.71 bits per heavy atom. The van der Waals surface area contributed by atoms with E-state index < -0.39 is 0 Å². The van der Waals surface area contributed by atoms with E-state index in [4.69, 9.17) is 44.3 Å². The zero-order chi connectivity index (χ0) is 15.4. The highest BCUT2D eigenvalue weighted by Gasteiger charge is 2.13. The second kappa shape index (κ2) is 7.12. The fraction of sp³-hybridized carbons (Fsp3) is 0.200. The molecule has 0 heterocycles. The van der Waals surface area contributed by atoms with E-state index in [1.54, 1.807) is 26.4 Å². The van der Waals surface area contributed by atoms with Crippen LogP contribution in [0.4, 0.5) is 5.69 Å². The Hall–Kier alpha value is -1.29. The predicted molar refractivity (Wildman–Crippen MR) is 88.3 cm³/mol. The first kappa shape index (κ1) is 16.1. The van der Waals surface area contributed by atoms with Crippen molar-refractivity contribution in [2.75, 3.05) is 19.5 Å². The highest BCUT2D eigenvalue weighted by atomic mass is 35.5. The summed E-state index contributed by atoms with van der Waals surface area (Å²) < 4.78 is 10.5. The molecule has 1 N–H and O–H groups in total. The lowest BCUT2D eigenvalue weighted by atomic mass is 10.2. The van der Waals surface area contributed by atoms with Crippen LogP contribution in [-0.2, 0) is 6.54 Å². The molecule has 0 bridgehead atoms. The van der Waals surface area contributed by atoms with Gasteiger partial charge in [0.15, 0.2) is 11.5 Å². The minimum atomic E-state index is 0.482. The summed E-state index contributed by atoms with van der Waals surface area (Å²) in [5, 5.41) is 4.69. The number of methoxy groups -OCH3 is 2. The second-order valence-corrected chi connectivity index (χ2v) is 5.39. The van der Waals surface area contributed by atoms with Crippen LogP contribution in [0.2, 0.25) is 15.1 Å². The molecule has 112 valence electrons. The van der Waals surface area contributed by atoms with Crippen LogP contribution in [-0.4, -0.2) is 14.2 Å². The molecule has 0 saturated heterocycles. The van der Waals surface area contributed by atoms with Crippen LogP contribution >= 0.6 is 34.8 Å². The number of hydrogen-bond donors (Lipinski definition) is 1. The van der Waals surface area contributed by atoms with Gasteiger partial charge in [0.05, 0.1) is 35.0 Å². The number of halogens is 3. The van der Waals surface area contributed by atoms with Crippen molar-refractivity contribution in [3.05, 3.63) is 51.0 Å². The van der Waals surface area contributed by atoms with Gasteiger partial charge in [0.2, 0.25) is 0 Å². The molecule has 0 unspecified atom stereocenters.